The van der Waals surface area contributed by atoms with Gasteiger partial charge in [0.05, 0.1) is 24.7 Å². The topological polar surface area (TPSA) is 111 Å². The number of aromatic nitrogens is 2. The minimum Gasteiger partial charge on any atom is -0.497 e. The third-order valence-corrected chi connectivity index (χ3v) is 5.58. The van der Waals surface area contributed by atoms with Gasteiger partial charge in [-0.3, -0.25) is 0 Å². The Kier molecular flexibility index (Phi) is 6.23. The van der Waals surface area contributed by atoms with Gasteiger partial charge in [-0.2, -0.15) is 0 Å². The van der Waals surface area contributed by atoms with E-state index in [1.807, 2.05) is 54.6 Å². The summed E-state index contributed by atoms with van der Waals surface area (Å²) >= 11 is 5.97. The summed E-state index contributed by atoms with van der Waals surface area (Å²) in [7, 11) is 1.64. The molecule has 31 heavy (non-hydrogen) atoms. The van der Waals surface area contributed by atoms with Crippen molar-refractivity contribution < 1.29 is 4.74 Å². The quantitative estimate of drug-likeness (QED) is 0.396. The van der Waals surface area contributed by atoms with Crippen LogP contribution in [0.25, 0.3) is 23.1 Å². The molecule has 1 aliphatic carbocycles. The zero-order valence-electron chi connectivity index (χ0n) is 17.3. The van der Waals surface area contributed by atoms with Crippen LogP contribution in [0.4, 0.5) is 5.82 Å². The highest BCUT2D eigenvalue weighted by atomic mass is 35.5. The summed E-state index contributed by atoms with van der Waals surface area (Å²) in [5.74, 6) is 2.20. The number of benzene rings is 2. The maximum atomic E-state index is 5.97. The van der Waals surface area contributed by atoms with Crippen molar-refractivity contribution >= 4 is 46.4 Å². The number of guanidine groups is 1. The van der Waals surface area contributed by atoms with Crippen molar-refractivity contribution in [2.75, 3.05) is 12.4 Å². The normalized spacial score (nSPS) is 18.4. The number of aliphatic imine (C=N–C) groups is 1. The summed E-state index contributed by atoms with van der Waals surface area (Å²) in [5, 5.41) is 5.15. The number of hydrogen-bond acceptors (Lipinski definition) is 5. The molecular weight excluding hydrogens is 412 g/mol. The first-order valence-electron chi connectivity index (χ1n) is 10.2. The van der Waals surface area contributed by atoms with Gasteiger partial charge in [0, 0.05) is 10.4 Å². The standard InChI is InChI=1S/C23H25ClN6O/c1-31-16-10-11-18-17(13-16)22(28-19-3-2-4-20(19)29-23(25)26)30-21(27-18)12-7-14-5-8-15(24)9-6-14/h5-13,19-20H,2-4H2,1H3,(H4,25,26,29)(H,27,28,30)/t19-,20+/m0/s1. The van der Waals surface area contributed by atoms with Gasteiger partial charge < -0.3 is 21.5 Å². The van der Waals surface area contributed by atoms with Crippen LogP contribution in [0.5, 0.6) is 5.75 Å². The van der Waals surface area contributed by atoms with Gasteiger partial charge in [0.15, 0.2) is 11.8 Å². The Balaban J connectivity index is 1.70. The largest absolute Gasteiger partial charge is 0.497 e. The maximum Gasteiger partial charge on any atom is 0.186 e. The van der Waals surface area contributed by atoms with Gasteiger partial charge >= 0.3 is 0 Å². The molecule has 0 bridgehead atoms. The lowest BCUT2D eigenvalue weighted by Gasteiger charge is -2.20. The van der Waals surface area contributed by atoms with Gasteiger partial charge in [0.2, 0.25) is 0 Å². The molecule has 1 saturated carbocycles. The van der Waals surface area contributed by atoms with Crippen LogP contribution in [-0.4, -0.2) is 35.1 Å². The molecule has 0 unspecified atom stereocenters. The number of nitrogens with zero attached hydrogens (tertiary/aromatic N) is 3. The van der Waals surface area contributed by atoms with E-state index in [1.165, 1.54) is 0 Å². The molecule has 4 rings (SSSR count). The highest BCUT2D eigenvalue weighted by molar-refractivity contribution is 6.30. The summed E-state index contributed by atoms with van der Waals surface area (Å²) in [6.07, 6.45) is 6.80. The molecule has 2 aromatic carbocycles. The van der Waals surface area contributed by atoms with Gasteiger partial charge in [-0.1, -0.05) is 29.8 Å². The van der Waals surface area contributed by atoms with Crippen LogP contribution in [-0.2, 0) is 0 Å². The van der Waals surface area contributed by atoms with E-state index in [-0.39, 0.29) is 18.0 Å². The minimum atomic E-state index is 0.0219. The summed E-state index contributed by atoms with van der Waals surface area (Å²) in [5.41, 5.74) is 13.1. The molecule has 0 saturated heterocycles. The fourth-order valence-electron chi connectivity index (χ4n) is 3.81. The fraction of sp³-hybridized carbons (Fsp3) is 0.261. The second-order valence-corrected chi connectivity index (χ2v) is 7.94. The first kappa shape index (κ1) is 20.9. The summed E-state index contributed by atoms with van der Waals surface area (Å²) in [4.78, 5) is 13.9. The molecule has 0 radical (unpaired) electrons. The lowest BCUT2D eigenvalue weighted by Crippen LogP contribution is -2.32. The number of methoxy groups -OCH3 is 1. The van der Waals surface area contributed by atoms with Gasteiger partial charge in [-0.05, 0) is 61.2 Å². The van der Waals surface area contributed by atoms with Crippen LogP contribution in [0.3, 0.4) is 0 Å². The van der Waals surface area contributed by atoms with Crippen LogP contribution >= 0.6 is 11.6 Å². The Bertz CT molecular complexity index is 1120. The third-order valence-electron chi connectivity index (χ3n) is 5.33. The van der Waals surface area contributed by atoms with E-state index >= 15 is 0 Å². The molecule has 0 spiro atoms. The predicted molar refractivity (Wildman–Crippen MR) is 127 cm³/mol. The van der Waals surface area contributed by atoms with Gasteiger partial charge in [0.1, 0.15) is 11.6 Å². The van der Waals surface area contributed by atoms with Gasteiger partial charge in [-0.15, -0.1) is 0 Å². The molecule has 0 amide bonds. The number of anilines is 1. The van der Waals surface area contributed by atoms with Crippen LogP contribution in [0.2, 0.25) is 5.02 Å². The Morgan fingerprint density at radius 1 is 1.13 bits per heavy atom. The second-order valence-electron chi connectivity index (χ2n) is 7.50. The van der Waals surface area contributed by atoms with Crippen molar-refractivity contribution in [1.82, 2.24) is 9.97 Å². The molecular formula is C23H25ClN6O. The van der Waals surface area contributed by atoms with E-state index in [9.17, 15) is 0 Å². The minimum absolute atomic E-state index is 0.0219. The summed E-state index contributed by atoms with van der Waals surface area (Å²) in [6.45, 7) is 0. The highest BCUT2D eigenvalue weighted by Gasteiger charge is 2.28. The maximum absolute atomic E-state index is 5.97. The van der Waals surface area contributed by atoms with Crippen LogP contribution in [0, 0.1) is 0 Å². The molecule has 1 aliphatic rings. The number of hydrogen-bond donors (Lipinski definition) is 3. The Hall–Kier alpha value is -3.32. The third kappa shape index (κ3) is 5.06. The molecule has 1 heterocycles. The SMILES string of the molecule is COc1ccc2nc(C=Cc3ccc(Cl)cc3)nc(N[C@H]3CCC[C@H]3N=C(N)N)c2c1. The van der Waals surface area contributed by atoms with E-state index in [0.29, 0.717) is 10.8 Å². The van der Waals surface area contributed by atoms with Crippen molar-refractivity contribution in [1.29, 1.82) is 0 Å². The number of rotatable bonds is 6. The summed E-state index contributed by atoms with van der Waals surface area (Å²) < 4.78 is 5.40. The first-order valence-corrected chi connectivity index (χ1v) is 10.5. The average molecular weight is 437 g/mol. The average Bonchev–Trinajstić information content (AvgIpc) is 3.19. The smallest absolute Gasteiger partial charge is 0.186 e. The van der Waals surface area contributed by atoms with Gasteiger partial charge in [-0.25, -0.2) is 15.0 Å². The number of ether oxygens (including phenoxy) is 1. The molecule has 0 aliphatic heterocycles. The molecule has 7 nitrogen and oxygen atoms in total. The molecule has 1 aromatic heterocycles. The summed E-state index contributed by atoms with van der Waals surface area (Å²) in [6, 6.07) is 13.5. The molecule has 5 N–H and O–H groups in total. The Labute approximate surface area is 186 Å². The van der Waals surface area contributed by atoms with Crippen LogP contribution in [0.1, 0.15) is 30.7 Å². The van der Waals surface area contributed by atoms with Gasteiger partial charge in [0.25, 0.3) is 0 Å². The molecule has 3 aromatic rings. The molecule has 160 valence electrons. The van der Waals surface area contributed by atoms with Crippen molar-refractivity contribution in [3.63, 3.8) is 0 Å². The number of halogens is 1. The number of nitrogens with one attached hydrogen (secondary N) is 1. The van der Waals surface area contributed by atoms with E-state index in [1.54, 1.807) is 7.11 Å². The zero-order valence-corrected chi connectivity index (χ0v) is 18.0. The van der Waals surface area contributed by atoms with Crippen LogP contribution in [0.15, 0.2) is 47.5 Å². The van der Waals surface area contributed by atoms with E-state index in [0.717, 1.165) is 47.3 Å². The van der Waals surface area contributed by atoms with E-state index in [4.69, 9.17) is 37.8 Å². The fourth-order valence-corrected chi connectivity index (χ4v) is 3.94. The first-order chi connectivity index (χ1) is 15.0. The van der Waals surface area contributed by atoms with Crippen molar-refractivity contribution in [2.24, 2.45) is 16.5 Å². The number of nitrogens with two attached hydrogens (primary N) is 2. The predicted octanol–water partition coefficient (Wildman–Crippen LogP) is 4.07. The van der Waals surface area contributed by atoms with Crippen molar-refractivity contribution in [3.05, 3.63) is 58.9 Å². The second kappa shape index (κ2) is 9.22. The van der Waals surface area contributed by atoms with Crippen LogP contribution < -0.4 is 21.5 Å². The molecule has 1 fully saturated rings. The highest BCUT2D eigenvalue weighted by Crippen LogP contribution is 2.30. The molecule has 8 heteroatoms. The van der Waals surface area contributed by atoms with E-state index < -0.39 is 0 Å². The lowest BCUT2D eigenvalue weighted by atomic mass is 10.1. The molecule has 2 atom stereocenters. The number of fused-ring (bicyclic) bond motifs is 1. The van der Waals surface area contributed by atoms with Crippen molar-refractivity contribution in [2.45, 2.75) is 31.3 Å². The van der Waals surface area contributed by atoms with E-state index in [2.05, 4.69) is 10.3 Å². The Morgan fingerprint density at radius 2 is 1.94 bits per heavy atom. The monoisotopic (exact) mass is 436 g/mol. The van der Waals surface area contributed by atoms with Crippen molar-refractivity contribution in [3.8, 4) is 5.75 Å². The Morgan fingerprint density at radius 3 is 2.68 bits per heavy atom. The lowest BCUT2D eigenvalue weighted by molar-refractivity contribution is 0.415. The zero-order chi connectivity index (χ0) is 21.8.